The van der Waals surface area contributed by atoms with E-state index in [-0.39, 0.29) is 6.42 Å². The average molecular weight is 366 g/mol. The van der Waals surface area contributed by atoms with Crippen LogP contribution in [0.2, 0.25) is 0 Å². The van der Waals surface area contributed by atoms with E-state index < -0.39 is 24.0 Å². The number of amides is 1. The van der Waals surface area contributed by atoms with Gasteiger partial charge in [-0.25, -0.2) is 4.79 Å². The first-order valence-corrected chi connectivity index (χ1v) is 8.62. The minimum absolute atomic E-state index is 0.166. The van der Waals surface area contributed by atoms with Crippen molar-refractivity contribution >= 4 is 28.5 Å². The normalized spacial score (nSPS) is 13.2. The Balaban J connectivity index is 1.67. The van der Waals surface area contributed by atoms with Crippen molar-refractivity contribution in [3.05, 3.63) is 65.9 Å². The molecule has 7 N–H and O–H groups in total. The number of nitrogens with two attached hydrogens (primary N) is 2. The Hall–Kier alpha value is -3.32. The van der Waals surface area contributed by atoms with Crippen LogP contribution in [0.15, 0.2) is 54.7 Å². The summed E-state index contributed by atoms with van der Waals surface area (Å²) in [5, 5.41) is 13.0. The Labute approximate surface area is 156 Å². The molecule has 2 unspecified atom stereocenters. The molecule has 3 aromatic rings. The summed E-state index contributed by atoms with van der Waals surface area (Å²) in [7, 11) is 0. The fourth-order valence-corrected chi connectivity index (χ4v) is 3.00. The first-order chi connectivity index (χ1) is 12.9. The molecule has 1 aromatic heterocycles. The number of carboxylic acid groups (broad SMARTS) is 1. The van der Waals surface area contributed by atoms with Crippen LogP contribution in [0.3, 0.4) is 0 Å². The maximum absolute atomic E-state index is 12.4. The van der Waals surface area contributed by atoms with Crippen molar-refractivity contribution in [1.29, 1.82) is 0 Å². The van der Waals surface area contributed by atoms with Gasteiger partial charge in [0.1, 0.15) is 6.04 Å². The van der Waals surface area contributed by atoms with Gasteiger partial charge in [-0.1, -0.05) is 30.3 Å². The Morgan fingerprint density at radius 3 is 2.48 bits per heavy atom. The lowest BCUT2D eigenvalue weighted by Crippen LogP contribution is -2.50. The highest BCUT2D eigenvalue weighted by Gasteiger charge is 2.24. The van der Waals surface area contributed by atoms with Gasteiger partial charge in [-0.2, -0.15) is 0 Å². The maximum Gasteiger partial charge on any atom is 0.326 e. The Bertz CT molecular complexity index is 949. The van der Waals surface area contributed by atoms with Gasteiger partial charge in [-0.05, 0) is 35.7 Å². The van der Waals surface area contributed by atoms with Gasteiger partial charge in [-0.3, -0.25) is 4.79 Å². The molecule has 7 nitrogen and oxygen atoms in total. The van der Waals surface area contributed by atoms with Crippen molar-refractivity contribution in [3.63, 3.8) is 0 Å². The summed E-state index contributed by atoms with van der Waals surface area (Å²) in [5.41, 5.74) is 14.8. The molecule has 0 saturated heterocycles. The van der Waals surface area contributed by atoms with E-state index in [0.717, 1.165) is 22.0 Å². The quantitative estimate of drug-likeness (QED) is 0.403. The van der Waals surface area contributed by atoms with Crippen molar-refractivity contribution in [2.75, 3.05) is 5.73 Å². The van der Waals surface area contributed by atoms with Gasteiger partial charge in [0.15, 0.2) is 0 Å². The first kappa shape index (κ1) is 18.5. The predicted octanol–water partition coefficient (Wildman–Crippen LogP) is 1.43. The van der Waals surface area contributed by atoms with Gasteiger partial charge in [0.05, 0.1) is 6.04 Å². The van der Waals surface area contributed by atoms with E-state index in [0.29, 0.717) is 12.1 Å². The third kappa shape index (κ3) is 4.45. The minimum Gasteiger partial charge on any atom is -0.480 e. The number of rotatable bonds is 7. The molecule has 0 radical (unpaired) electrons. The number of nitrogen functional groups attached to an aromatic ring is 1. The number of aromatic nitrogens is 1. The molecule has 1 heterocycles. The number of nitrogens with one attached hydrogen (secondary N) is 2. The van der Waals surface area contributed by atoms with E-state index >= 15 is 0 Å². The molecule has 2 atom stereocenters. The molecule has 0 aliphatic carbocycles. The lowest BCUT2D eigenvalue weighted by molar-refractivity contribution is -0.141. The van der Waals surface area contributed by atoms with E-state index in [1.165, 1.54) is 0 Å². The van der Waals surface area contributed by atoms with Crippen molar-refractivity contribution in [1.82, 2.24) is 10.3 Å². The molecular formula is C20H22N4O3. The summed E-state index contributed by atoms with van der Waals surface area (Å²) >= 11 is 0. The van der Waals surface area contributed by atoms with Crippen molar-refractivity contribution in [2.24, 2.45) is 5.73 Å². The van der Waals surface area contributed by atoms with Crippen LogP contribution in [-0.4, -0.2) is 34.1 Å². The van der Waals surface area contributed by atoms with Gasteiger partial charge in [0, 0.05) is 29.2 Å². The highest BCUT2D eigenvalue weighted by molar-refractivity contribution is 5.88. The van der Waals surface area contributed by atoms with E-state index in [9.17, 15) is 14.7 Å². The zero-order valence-electron chi connectivity index (χ0n) is 14.7. The fraction of sp³-hybridized carbons (Fsp3) is 0.200. The van der Waals surface area contributed by atoms with Crippen LogP contribution in [0.5, 0.6) is 0 Å². The second-order valence-corrected chi connectivity index (χ2v) is 6.52. The van der Waals surface area contributed by atoms with Crippen molar-refractivity contribution in [3.8, 4) is 0 Å². The summed E-state index contributed by atoms with van der Waals surface area (Å²) in [4.78, 5) is 27.1. The molecule has 2 aromatic carbocycles. The first-order valence-electron chi connectivity index (χ1n) is 8.62. The second-order valence-electron chi connectivity index (χ2n) is 6.52. The van der Waals surface area contributed by atoms with E-state index in [1.807, 2.05) is 24.3 Å². The molecule has 27 heavy (non-hydrogen) atoms. The number of H-pyrrole nitrogens is 1. The third-order valence-corrected chi connectivity index (χ3v) is 4.49. The number of carbonyl (C=O) groups is 2. The zero-order chi connectivity index (χ0) is 19.4. The van der Waals surface area contributed by atoms with Crippen LogP contribution in [0.4, 0.5) is 5.69 Å². The molecule has 0 spiro atoms. The van der Waals surface area contributed by atoms with Crippen LogP contribution in [0.1, 0.15) is 11.1 Å². The highest BCUT2D eigenvalue weighted by atomic mass is 16.4. The number of hydrogen-bond acceptors (Lipinski definition) is 4. The molecule has 7 heteroatoms. The second kappa shape index (κ2) is 7.92. The molecule has 140 valence electrons. The summed E-state index contributed by atoms with van der Waals surface area (Å²) in [6, 6.07) is 12.8. The Kier molecular flexibility index (Phi) is 5.42. The number of aliphatic carboxylic acids is 1. The topological polar surface area (TPSA) is 134 Å². The molecular weight excluding hydrogens is 344 g/mol. The Morgan fingerprint density at radius 1 is 1.07 bits per heavy atom. The van der Waals surface area contributed by atoms with E-state index in [1.54, 1.807) is 30.5 Å². The van der Waals surface area contributed by atoms with E-state index in [4.69, 9.17) is 11.5 Å². The van der Waals surface area contributed by atoms with Gasteiger partial charge in [0.25, 0.3) is 0 Å². The molecule has 1 amide bonds. The van der Waals surface area contributed by atoms with Crippen LogP contribution in [-0.2, 0) is 22.4 Å². The van der Waals surface area contributed by atoms with E-state index in [2.05, 4.69) is 10.3 Å². The van der Waals surface area contributed by atoms with Gasteiger partial charge < -0.3 is 26.9 Å². The standard InChI is InChI=1S/C20H22N4O3/c21-14-7-5-12(6-8-14)9-16(22)19(25)24-18(20(26)27)10-13-11-23-17-4-2-1-3-15(13)17/h1-8,11,16,18,23H,9-10,21-22H2,(H,24,25)(H,26,27). The Morgan fingerprint density at radius 2 is 1.78 bits per heavy atom. The molecule has 0 fully saturated rings. The molecule has 3 rings (SSSR count). The summed E-state index contributed by atoms with van der Waals surface area (Å²) in [6.45, 7) is 0. The van der Waals surface area contributed by atoms with Crippen molar-refractivity contribution in [2.45, 2.75) is 24.9 Å². The minimum atomic E-state index is -1.10. The zero-order valence-corrected chi connectivity index (χ0v) is 14.7. The number of anilines is 1. The summed E-state index contributed by atoms with van der Waals surface area (Å²) < 4.78 is 0. The van der Waals surface area contributed by atoms with Crippen LogP contribution >= 0.6 is 0 Å². The average Bonchev–Trinajstić information content (AvgIpc) is 3.06. The lowest BCUT2D eigenvalue weighted by Gasteiger charge is -2.18. The van der Waals surface area contributed by atoms with Gasteiger partial charge >= 0.3 is 5.97 Å². The molecule has 0 aliphatic rings. The number of carbonyl (C=O) groups excluding carboxylic acids is 1. The number of para-hydroxylation sites is 1. The monoisotopic (exact) mass is 366 g/mol. The fourth-order valence-electron chi connectivity index (χ4n) is 3.00. The lowest BCUT2D eigenvalue weighted by atomic mass is 10.0. The van der Waals surface area contributed by atoms with Gasteiger partial charge in [0.2, 0.25) is 5.91 Å². The van der Waals surface area contributed by atoms with Crippen LogP contribution < -0.4 is 16.8 Å². The third-order valence-electron chi connectivity index (χ3n) is 4.49. The number of benzene rings is 2. The van der Waals surface area contributed by atoms with Crippen LogP contribution in [0, 0.1) is 0 Å². The summed E-state index contributed by atoms with van der Waals surface area (Å²) in [5.74, 6) is -1.60. The van der Waals surface area contributed by atoms with Crippen LogP contribution in [0.25, 0.3) is 10.9 Å². The number of hydrogen-bond donors (Lipinski definition) is 5. The van der Waals surface area contributed by atoms with Gasteiger partial charge in [-0.15, -0.1) is 0 Å². The molecule has 0 aliphatic heterocycles. The molecule has 0 saturated carbocycles. The SMILES string of the molecule is Nc1ccc(CC(N)C(=O)NC(Cc2c[nH]c3ccccc23)C(=O)O)cc1. The smallest absolute Gasteiger partial charge is 0.326 e. The molecule has 0 bridgehead atoms. The highest BCUT2D eigenvalue weighted by Crippen LogP contribution is 2.19. The number of fused-ring (bicyclic) bond motifs is 1. The maximum atomic E-state index is 12.4. The number of aromatic amines is 1. The van der Waals surface area contributed by atoms with Crippen molar-refractivity contribution < 1.29 is 14.7 Å². The summed E-state index contributed by atoms with van der Waals surface area (Å²) in [6.07, 6.45) is 2.23. The number of carboxylic acids is 1. The largest absolute Gasteiger partial charge is 0.480 e. The predicted molar refractivity (Wildman–Crippen MR) is 104 cm³/mol.